The maximum absolute atomic E-state index is 10.9. The molecule has 4 nitrogen and oxygen atoms in total. The van der Waals surface area contributed by atoms with Crippen LogP contribution >= 0.6 is 0 Å². The highest BCUT2D eigenvalue weighted by atomic mass is 16.5. The summed E-state index contributed by atoms with van der Waals surface area (Å²) in [4.78, 5) is 21.2. The number of hydrogen-bond donors (Lipinski definition) is 1. The molecule has 0 fully saturated rings. The molecule has 1 heterocycles. The number of aliphatic carboxylic acids is 1. The van der Waals surface area contributed by atoms with E-state index in [4.69, 9.17) is 9.84 Å². The van der Waals surface area contributed by atoms with Crippen molar-refractivity contribution >= 4 is 11.8 Å². The van der Waals surface area contributed by atoms with E-state index in [2.05, 4.69) is 0 Å². The van der Waals surface area contributed by atoms with Crippen LogP contribution in [0.3, 0.4) is 0 Å². The predicted molar refractivity (Wildman–Crippen MR) is 35.9 cm³/mol. The Morgan fingerprint density at radius 3 is 2.36 bits per heavy atom. The number of rotatable bonds is 1. The third kappa shape index (κ3) is 1.24. The number of carbonyl (C=O) groups is 2. The molecular formula is C7H8O4. The lowest BCUT2D eigenvalue weighted by Crippen LogP contribution is -2.28. The van der Waals surface area contributed by atoms with Crippen molar-refractivity contribution in [3.8, 4) is 0 Å². The lowest BCUT2D eigenvalue weighted by atomic mass is 10.1. The van der Waals surface area contributed by atoms with E-state index in [0.29, 0.717) is 0 Å². The van der Waals surface area contributed by atoms with Gasteiger partial charge in [-0.2, -0.15) is 0 Å². The Kier molecular flexibility index (Phi) is 1.47. The summed E-state index contributed by atoms with van der Waals surface area (Å²) < 4.78 is 4.83. The first-order valence-electron chi connectivity index (χ1n) is 3.12. The Morgan fingerprint density at radius 1 is 1.64 bits per heavy atom. The van der Waals surface area contributed by atoms with E-state index < -0.39 is 11.6 Å². The Morgan fingerprint density at radius 2 is 2.18 bits per heavy atom. The number of ether oxygens (including phenoxy) is 1. The minimum absolute atomic E-state index is 0.278. The zero-order valence-corrected chi connectivity index (χ0v) is 6.25. The van der Waals surface area contributed by atoms with Crippen LogP contribution in [0.2, 0.25) is 0 Å². The summed E-state index contributed by atoms with van der Waals surface area (Å²) in [5.74, 6) is -1.79. The largest absolute Gasteiger partial charge is 0.475 e. The first-order chi connectivity index (χ1) is 4.93. The molecule has 1 aliphatic heterocycles. The number of carboxylic acid groups (broad SMARTS) is 1. The second kappa shape index (κ2) is 2.08. The first kappa shape index (κ1) is 7.78. The molecule has 0 aromatic rings. The smallest absolute Gasteiger partial charge is 0.371 e. The van der Waals surface area contributed by atoms with E-state index in [9.17, 15) is 9.59 Å². The molecule has 0 saturated heterocycles. The van der Waals surface area contributed by atoms with Gasteiger partial charge in [0.2, 0.25) is 11.5 Å². The van der Waals surface area contributed by atoms with Gasteiger partial charge >= 0.3 is 5.97 Å². The molecule has 1 rings (SSSR count). The van der Waals surface area contributed by atoms with E-state index in [1.54, 1.807) is 0 Å². The van der Waals surface area contributed by atoms with Crippen LogP contribution in [-0.2, 0) is 14.3 Å². The van der Waals surface area contributed by atoms with Crippen LogP contribution < -0.4 is 0 Å². The average molecular weight is 156 g/mol. The highest BCUT2D eigenvalue weighted by molar-refractivity contribution is 6.04. The van der Waals surface area contributed by atoms with Crippen molar-refractivity contribution in [2.75, 3.05) is 0 Å². The molecule has 0 aromatic carbocycles. The average Bonchev–Trinajstić information content (AvgIpc) is 2.08. The fourth-order valence-corrected chi connectivity index (χ4v) is 0.753. The first-order valence-corrected chi connectivity index (χ1v) is 3.12. The third-order valence-electron chi connectivity index (χ3n) is 1.43. The molecule has 0 atom stereocenters. The zero-order chi connectivity index (χ0) is 8.65. The molecule has 0 bridgehead atoms. The summed E-state index contributed by atoms with van der Waals surface area (Å²) >= 11 is 0. The molecule has 0 spiro atoms. The maximum Gasteiger partial charge on any atom is 0.371 e. The summed E-state index contributed by atoms with van der Waals surface area (Å²) in [6, 6.07) is 0. The van der Waals surface area contributed by atoms with Crippen LogP contribution in [0.15, 0.2) is 11.8 Å². The molecule has 0 amide bonds. The molecule has 60 valence electrons. The number of hydrogen-bond acceptors (Lipinski definition) is 3. The van der Waals surface area contributed by atoms with Crippen LogP contribution in [0, 0.1) is 0 Å². The lowest BCUT2D eigenvalue weighted by molar-refractivity contribution is -0.139. The van der Waals surface area contributed by atoms with Gasteiger partial charge in [-0.15, -0.1) is 0 Å². The molecule has 0 radical (unpaired) electrons. The predicted octanol–water partition coefficient (Wildman–Crippen LogP) is 0.333. The monoisotopic (exact) mass is 156 g/mol. The van der Waals surface area contributed by atoms with Gasteiger partial charge in [-0.3, -0.25) is 4.79 Å². The van der Waals surface area contributed by atoms with Crippen LogP contribution in [0.5, 0.6) is 0 Å². The van der Waals surface area contributed by atoms with Gasteiger partial charge in [0.05, 0.1) is 0 Å². The molecule has 4 heteroatoms. The van der Waals surface area contributed by atoms with Crippen molar-refractivity contribution in [1.29, 1.82) is 0 Å². The number of ketones is 1. The highest BCUT2D eigenvalue weighted by Gasteiger charge is 2.37. The number of carboxylic acids is 1. The Bertz CT molecular complexity index is 249. The molecule has 0 unspecified atom stereocenters. The Balaban J connectivity index is 2.88. The molecule has 0 saturated carbocycles. The van der Waals surface area contributed by atoms with Gasteiger partial charge in [0.25, 0.3) is 0 Å². The van der Waals surface area contributed by atoms with Gasteiger partial charge in [0, 0.05) is 6.08 Å². The van der Waals surface area contributed by atoms with Crippen molar-refractivity contribution in [2.45, 2.75) is 19.4 Å². The summed E-state index contributed by atoms with van der Waals surface area (Å²) in [5, 5.41) is 8.42. The highest BCUT2D eigenvalue weighted by Crippen LogP contribution is 2.23. The van der Waals surface area contributed by atoms with E-state index in [-0.39, 0.29) is 11.5 Å². The molecule has 11 heavy (non-hydrogen) atoms. The minimum Gasteiger partial charge on any atom is -0.475 e. The second-order valence-electron chi connectivity index (χ2n) is 2.79. The van der Waals surface area contributed by atoms with Crippen molar-refractivity contribution in [2.24, 2.45) is 0 Å². The molecule has 1 N–H and O–H groups in total. The van der Waals surface area contributed by atoms with E-state index in [1.165, 1.54) is 13.8 Å². The van der Waals surface area contributed by atoms with Gasteiger partial charge in [0.15, 0.2) is 5.60 Å². The molecule has 1 aliphatic rings. The van der Waals surface area contributed by atoms with Gasteiger partial charge in [-0.25, -0.2) is 4.79 Å². The van der Waals surface area contributed by atoms with E-state index in [0.717, 1.165) is 6.08 Å². The molecular weight excluding hydrogens is 148 g/mol. The third-order valence-corrected chi connectivity index (χ3v) is 1.43. The summed E-state index contributed by atoms with van der Waals surface area (Å²) in [5.41, 5.74) is -1.01. The van der Waals surface area contributed by atoms with Crippen molar-refractivity contribution in [3.05, 3.63) is 11.8 Å². The van der Waals surface area contributed by atoms with Crippen LogP contribution in [0.1, 0.15) is 13.8 Å². The standard InChI is InChI=1S/C7H8O4/c1-7(2)5(8)3-4(11-7)6(9)10/h3H,1-2H3,(H,9,10). The van der Waals surface area contributed by atoms with Gasteiger partial charge in [-0.1, -0.05) is 0 Å². The van der Waals surface area contributed by atoms with E-state index >= 15 is 0 Å². The zero-order valence-electron chi connectivity index (χ0n) is 6.25. The van der Waals surface area contributed by atoms with Gasteiger partial charge in [-0.05, 0) is 13.8 Å². The van der Waals surface area contributed by atoms with Gasteiger partial charge in [0.1, 0.15) is 0 Å². The molecule has 0 aliphatic carbocycles. The second-order valence-corrected chi connectivity index (χ2v) is 2.79. The van der Waals surface area contributed by atoms with E-state index in [1.807, 2.05) is 0 Å². The maximum atomic E-state index is 10.9. The lowest BCUT2D eigenvalue weighted by Gasteiger charge is -2.15. The summed E-state index contributed by atoms with van der Waals surface area (Å²) in [6.45, 7) is 3.06. The van der Waals surface area contributed by atoms with Crippen molar-refractivity contribution in [3.63, 3.8) is 0 Å². The fourth-order valence-electron chi connectivity index (χ4n) is 0.753. The van der Waals surface area contributed by atoms with Gasteiger partial charge < -0.3 is 9.84 Å². The SMILES string of the molecule is CC1(C)OC(C(=O)O)=CC1=O. The summed E-state index contributed by atoms with van der Waals surface area (Å²) in [6.07, 6.45) is 1.00. The van der Waals surface area contributed by atoms with Crippen LogP contribution in [-0.4, -0.2) is 22.5 Å². The van der Waals surface area contributed by atoms with Crippen LogP contribution in [0.4, 0.5) is 0 Å². The Hall–Kier alpha value is -1.32. The van der Waals surface area contributed by atoms with Crippen LogP contribution in [0.25, 0.3) is 0 Å². The molecule has 0 aromatic heterocycles. The van der Waals surface area contributed by atoms with Crippen molar-refractivity contribution in [1.82, 2.24) is 0 Å². The summed E-state index contributed by atoms with van der Waals surface area (Å²) in [7, 11) is 0. The Labute approximate surface area is 63.5 Å². The quantitative estimate of drug-likeness (QED) is 0.594. The number of carbonyl (C=O) groups excluding carboxylic acids is 1. The topological polar surface area (TPSA) is 63.6 Å². The normalized spacial score (nSPS) is 20.9. The fraction of sp³-hybridized carbons (Fsp3) is 0.429. The minimum atomic E-state index is -1.20. The van der Waals surface area contributed by atoms with Crippen molar-refractivity contribution < 1.29 is 19.4 Å².